The molecule has 0 saturated heterocycles. The standard InChI is InChI=1S/C11H20N2O/c1-10(5-6-10)11(2,9(12)14)13-7-8-3-4-8/h8,13H,3-7H2,1-2H3,(H2,12,14). The SMILES string of the molecule is CC1(C(C)(NCC2CC2)C(N)=O)CC1. The normalized spacial score (nSPS) is 28.1. The van der Waals surface area contributed by atoms with Crippen LogP contribution in [-0.4, -0.2) is 18.0 Å². The van der Waals surface area contributed by atoms with Crippen molar-refractivity contribution < 1.29 is 4.79 Å². The molecule has 0 aromatic rings. The fraction of sp³-hybridized carbons (Fsp3) is 0.909. The van der Waals surface area contributed by atoms with Crippen LogP contribution in [-0.2, 0) is 4.79 Å². The van der Waals surface area contributed by atoms with E-state index in [0.29, 0.717) is 0 Å². The lowest BCUT2D eigenvalue weighted by atomic mass is 9.83. The Morgan fingerprint density at radius 1 is 1.57 bits per heavy atom. The molecule has 3 nitrogen and oxygen atoms in total. The van der Waals surface area contributed by atoms with Crippen molar-refractivity contribution in [1.82, 2.24) is 5.32 Å². The number of hydrogen-bond acceptors (Lipinski definition) is 2. The van der Waals surface area contributed by atoms with E-state index in [-0.39, 0.29) is 11.3 Å². The Bertz CT molecular complexity index is 256. The monoisotopic (exact) mass is 196 g/mol. The fourth-order valence-electron chi connectivity index (χ4n) is 1.96. The van der Waals surface area contributed by atoms with Gasteiger partial charge in [0.1, 0.15) is 5.54 Å². The Labute approximate surface area is 85.4 Å². The third-order valence-corrected chi connectivity index (χ3v) is 4.14. The predicted octanol–water partition coefficient (Wildman–Crippen LogP) is 1.03. The molecule has 2 aliphatic rings. The van der Waals surface area contributed by atoms with Crippen molar-refractivity contribution in [2.75, 3.05) is 6.54 Å². The molecular formula is C11H20N2O. The first-order valence-corrected chi connectivity index (χ1v) is 5.53. The second kappa shape index (κ2) is 2.96. The molecule has 2 rings (SSSR count). The third-order valence-electron chi connectivity index (χ3n) is 4.14. The van der Waals surface area contributed by atoms with Crippen molar-refractivity contribution in [3.8, 4) is 0 Å². The van der Waals surface area contributed by atoms with Gasteiger partial charge in [0.25, 0.3) is 0 Å². The highest BCUT2D eigenvalue weighted by atomic mass is 16.1. The molecule has 0 aromatic carbocycles. The van der Waals surface area contributed by atoms with Gasteiger partial charge in [-0.05, 0) is 50.5 Å². The minimum Gasteiger partial charge on any atom is -0.368 e. The average Bonchev–Trinajstić information content (AvgIpc) is 2.96. The van der Waals surface area contributed by atoms with E-state index in [9.17, 15) is 4.79 Å². The van der Waals surface area contributed by atoms with Gasteiger partial charge in [-0.1, -0.05) is 6.92 Å². The molecule has 1 amide bonds. The summed E-state index contributed by atoms with van der Waals surface area (Å²) in [4.78, 5) is 11.5. The first-order chi connectivity index (χ1) is 6.48. The van der Waals surface area contributed by atoms with Gasteiger partial charge >= 0.3 is 0 Å². The van der Waals surface area contributed by atoms with E-state index in [1.165, 1.54) is 12.8 Å². The highest BCUT2D eigenvalue weighted by Gasteiger charge is 2.56. The quantitative estimate of drug-likeness (QED) is 0.690. The van der Waals surface area contributed by atoms with Crippen LogP contribution in [0.3, 0.4) is 0 Å². The number of carbonyl (C=O) groups is 1. The molecule has 2 fully saturated rings. The minimum absolute atomic E-state index is 0.105. The summed E-state index contributed by atoms with van der Waals surface area (Å²) in [7, 11) is 0. The van der Waals surface area contributed by atoms with Crippen LogP contribution in [0.4, 0.5) is 0 Å². The Kier molecular flexibility index (Phi) is 2.11. The largest absolute Gasteiger partial charge is 0.368 e. The highest BCUT2D eigenvalue weighted by molar-refractivity contribution is 5.85. The second-order valence-electron chi connectivity index (χ2n) is 5.37. The third kappa shape index (κ3) is 1.54. The van der Waals surface area contributed by atoms with Crippen LogP contribution in [0.2, 0.25) is 0 Å². The molecule has 2 aliphatic carbocycles. The number of primary amides is 1. The van der Waals surface area contributed by atoms with E-state index in [1.54, 1.807) is 0 Å². The van der Waals surface area contributed by atoms with Gasteiger partial charge in [0, 0.05) is 0 Å². The lowest BCUT2D eigenvalue weighted by Crippen LogP contribution is -2.59. The van der Waals surface area contributed by atoms with Crippen LogP contribution in [0.15, 0.2) is 0 Å². The molecule has 0 heterocycles. The number of amides is 1. The summed E-state index contributed by atoms with van der Waals surface area (Å²) in [5.74, 6) is 0.592. The Hall–Kier alpha value is -0.570. The van der Waals surface area contributed by atoms with Crippen LogP contribution in [0.25, 0.3) is 0 Å². The first kappa shape index (κ1) is 9.97. The van der Waals surface area contributed by atoms with Crippen LogP contribution < -0.4 is 11.1 Å². The van der Waals surface area contributed by atoms with Gasteiger partial charge in [0.2, 0.25) is 5.91 Å². The van der Waals surface area contributed by atoms with E-state index in [0.717, 1.165) is 25.3 Å². The Morgan fingerprint density at radius 3 is 2.50 bits per heavy atom. The van der Waals surface area contributed by atoms with E-state index < -0.39 is 5.54 Å². The molecule has 0 bridgehead atoms. The number of rotatable bonds is 5. The lowest BCUT2D eigenvalue weighted by Gasteiger charge is -2.34. The lowest BCUT2D eigenvalue weighted by molar-refractivity contribution is -0.126. The highest BCUT2D eigenvalue weighted by Crippen LogP contribution is 2.53. The summed E-state index contributed by atoms with van der Waals surface area (Å²) in [5, 5.41) is 3.39. The van der Waals surface area contributed by atoms with Crippen LogP contribution in [0.1, 0.15) is 39.5 Å². The molecule has 0 aliphatic heterocycles. The van der Waals surface area contributed by atoms with Crippen LogP contribution in [0.5, 0.6) is 0 Å². The molecule has 2 saturated carbocycles. The Morgan fingerprint density at radius 2 is 2.14 bits per heavy atom. The molecule has 1 atom stereocenters. The van der Waals surface area contributed by atoms with Crippen LogP contribution in [0, 0.1) is 11.3 Å². The molecule has 0 radical (unpaired) electrons. The summed E-state index contributed by atoms with van der Waals surface area (Å²) in [5.41, 5.74) is 5.12. The predicted molar refractivity (Wildman–Crippen MR) is 55.7 cm³/mol. The minimum atomic E-state index is -0.490. The first-order valence-electron chi connectivity index (χ1n) is 5.53. The van der Waals surface area contributed by atoms with Crippen molar-refractivity contribution in [1.29, 1.82) is 0 Å². The summed E-state index contributed by atoms with van der Waals surface area (Å²) < 4.78 is 0. The van der Waals surface area contributed by atoms with Gasteiger partial charge in [-0.15, -0.1) is 0 Å². The molecule has 3 N–H and O–H groups in total. The Balaban J connectivity index is 2.00. The number of nitrogens with one attached hydrogen (secondary N) is 1. The number of carbonyl (C=O) groups excluding carboxylic acids is 1. The number of nitrogens with two attached hydrogens (primary N) is 1. The maximum Gasteiger partial charge on any atom is 0.238 e. The summed E-state index contributed by atoms with van der Waals surface area (Å²) >= 11 is 0. The summed E-state index contributed by atoms with van der Waals surface area (Å²) in [6.45, 7) is 5.07. The zero-order chi connectivity index (χ0) is 10.4. The molecular weight excluding hydrogens is 176 g/mol. The molecule has 3 heteroatoms. The van der Waals surface area contributed by atoms with Gasteiger partial charge in [0.15, 0.2) is 0 Å². The van der Waals surface area contributed by atoms with E-state index in [4.69, 9.17) is 5.73 Å². The van der Waals surface area contributed by atoms with Gasteiger partial charge in [-0.3, -0.25) is 4.79 Å². The summed E-state index contributed by atoms with van der Waals surface area (Å²) in [6, 6.07) is 0. The van der Waals surface area contributed by atoms with Gasteiger partial charge in [-0.25, -0.2) is 0 Å². The summed E-state index contributed by atoms with van der Waals surface area (Å²) in [6.07, 6.45) is 4.84. The van der Waals surface area contributed by atoms with Gasteiger partial charge in [-0.2, -0.15) is 0 Å². The van der Waals surface area contributed by atoms with E-state index >= 15 is 0 Å². The maximum atomic E-state index is 11.5. The fourth-order valence-corrected chi connectivity index (χ4v) is 1.96. The van der Waals surface area contributed by atoms with Gasteiger partial charge < -0.3 is 11.1 Å². The number of hydrogen-bond donors (Lipinski definition) is 2. The van der Waals surface area contributed by atoms with Crippen LogP contribution >= 0.6 is 0 Å². The second-order valence-corrected chi connectivity index (χ2v) is 5.37. The van der Waals surface area contributed by atoms with E-state index in [2.05, 4.69) is 12.2 Å². The zero-order valence-corrected chi connectivity index (χ0v) is 9.10. The average molecular weight is 196 g/mol. The van der Waals surface area contributed by atoms with Crippen molar-refractivity contribution in [2.24, 2.45) is 17.1 Å². The van der Waals surface area contributed by atoms with Crippen molar-refractivity contribution in [3.05, 3.63) is 0 Å². The van der Waals surface area contributed by atoms with Crippen molar-refractivity contribution in [2.45, 2.75) is 45.1 Å². The molecule has 0 spiro atoms. The molecule has 80 valence electrons. The molecule has 0 aromatic heterocycles. The molecule has 14 heavy (non-hydrogen) atoms. The topological polar surface area (TPSA) is 55.1 Å². The van der Waals surface area contributed by atoms with E-state index in [1.807, 2.05) is 6.92 Å². The smallest absolute Gasteiger partial charge is 0.238 e. The van der Waals surface area contributed by atoms with Crippen molar-refractivity contribution >= 4 is 5.91 Å². The zero-order valence-electron chi connectivity index (χ0n) is 9.10. The maximum absolute atomic E-state index is 11.5. The molecule has 1 unspecified atom stereocenters. The van der Waals surface area contributed by atoms with Gasteiger partial charge in [0.05, 0.1) is 0 Å². The van der Waals surface area contributed by atoms with Crippen molar-refractivity contribution in [3.63, 3.8) is 0 Å².